The minimum Gasteiger partial charge on any atom is -0.354 e. The molecule has 0 unspecified atom stereocenters. The van der Waals surface area contributed by atoms with Crippen molar-refractivity contribution in [1.82, 2.24) is 19.8 Å². The van der Waals surface area contributed by atoms with E-state index in [4.69, 9.17) is 11.6 Å². The van der Waals surface area contributed by atoms with Crippen molar-refractivity contribution in [3.8, 4) is 0 Å². The number of nitrogens with zero attached hydrogens (tertiary/aromatic N) is 3. The number of imidazole rings is 1. The molecule has 0 saturated carbocycles. The predicted octanol–water partition coefficient (Wildman–Crippen LogP) is 0.00530. The Hall–Kier alpha value is -1.07. The Morgan fingerprint density at radius 1 is 1.67 bits per heavy atom. The zero-order valence-electron chi connectivity index (χ0n) is 8.53. The van der Waals surface area contributed by atoms with Gasteiger partial charge in [-0.3, -0.25) is 9.69 Å². The third-order valence-electron chi connectivity index (χ3n) is 2.51. The van der Waals surface area contributed by atoms with Gasteiger partial charge < -0.3 is 9.88 Å². The van der Waals surface area contributed by atoms with Crippen LogP contribution in [-0.4, -0.2) is 40.0 Å². The minimum absolute atomic E-state index is 0.0709. The lowest BCUT2D eigenvalue weighted by Gasteiger charge is -2.25. The average Bonchev–Trinajstić information content (AvgIpc) is 2.50. The fourth-order valence-electron chi connectivity index (χ4n) is 1.60. The quantitative estimate of drug-likeness (QED) is 0.776. The summed E-state index contributed by atoms with van der Waals surface area (Å²) < 4.78 is 1.83. The van der Waals surface area contributed by atoms with Crippen LogP contribution < -0.4 is 5.32 Å². The number of hydrogen-bond acceptors (Lipinski definition) is 3. The molecule has 0 atom stereocenters. The highest BCUT2D eigenvalue weighted by molar-refractivity contribution is 6.29. The van der Waals surface area contributed by atoms with Crippen LogP contribution >= 0.6 is 11.6 Å². The summed E-state index contributed by atoms with van der Waals surface area (Å²) >= 11 is 5.88. The molecule has 1 aromatic heterocycles. The summed E-state index contributed by atoms with van der Waals surface area (Å²) in [7, 11) is 1.87. The molecule has 2 rings (SSSR count). The molecule has 82 valence electrons. The highest BCUT2D eigenvalue weighted by Crippen LogP contribution is 2.11. The van der Waals surface area contributed by atoms with Crippen LogP contribution in [0.3, 0.4) is 0 Å². The molecule has 1 aliphatic heterocycles. The Kier molecular flexibility index (Phi) is 2.93. The van der Waals surface area contributed by atoms with Crippen molar-refractivity contribution in [3.05, 3.63) is 17.2 Å². The number of rotatable bonds is 2. The van der Waals surface area contributed by atoms with Crippen LogP contribution in [0, 0.1) is 0 Å². The smallest absolute Gasteiger partial charge is 0.234 e. The number of aromatic nitrogens is 2. The lowest BCUT2D eigenvalue weighted by atomic mass is 10.3. The van der Waals surface area contributed by atoms with Gasteiger partial charge in [0.15, 0.2) is 0 Å². The summed E-state index contributed by atoms with van der Waals surface area (Å²) in [6, 6.07) is 0. The van der Waals surface area contributed by atoms with Gasteiger partial charge in [-0.2, -0.15) is 0 Å². The Morgan fingerprint density at radius 2 is 2.47 bits per heavy atom. The summed E-state index contributed by atoms with van der Waals surface area (Å²) in [6.07, 6.45) is 1.63. The number of carbonyl (C=O) groups excluding carboxylic acids is 1. The van der Waals surface area contributed by atoms with Gasteiger partial charge in [-0.15, -0.1) is 0 Å². The largest absolute Gasteiger partial charge is 0.354 e. The first-order valence-electron chi connectivity index (χ1n) is 4.82. The van der Waals surface area contributed by atoms with Gasteiger partial charge in [-0.1, -0.05) is 11.6 Å². The van der Waals surface area contributed by atoms with Crippen molar-refractivity contribution in [2.24, 2.45) is 7.05 Å². The minimum atomic E-state index is 0.0709. The highest BCUT2D eigenvalue weighted by atomic mass is 35.5. The molecule has 1 N–H and O–H groups in total. The third kappa shape index (κ3) is 2.30. The number of nitrogens with one attached hydrogen (secondary N) is 1. The highest BCUT2D eigenvalue weighted by Gasteiger charge is 2.17. The molecule has 0 radical (unpaired) electrons. The Balaban J connectivity index is 2.02. The summed E-state index contributed by atoms with van der Waals surface area (Å²) in [6.45, 7) is 2.66. The summed E-state index contributed by atoms with van der Waals surface area (Å²) in [5.41, 5.74) is 0. The molecule has 15 heavy (non-hydrogen) atoms. The van der Waals surface area contributed by atoms with Crippen LogP contribution in [-0.2, 0) is 18.4 Å². The maximum atomic E-state index is 11.1. The van der Waals surface area contributed by atoms with Crippen molar-refractivity contribution in [3.63, 3.8) is 0 Å². The van der Waals surface area contributed by atoms with E-state index in [1.165, 1.54) is 0 Å². The van der Waals surface area contributed by atoms with Crippen molar-refractivity contribution >= 4 is 17.5 Å². The first-order valence-corrected chi connectivity index (χ1v) is 5.20. The Labute approximate surface area is 93.0 Å². The molecule has 1 aromatic rings. The van der Waals surface area contributed by atoms with Crippen molar-refractivity contribution < 1.29 is 4.79 Å². The molecular formula is C9H13ClN4O. The number of carbonyl (C=O) groups is 1. The van der Waals surface area contributed by atoms with Gasteiger partial charge in [0.1, 0.15) is 11.0 Å². The van der Waals surface area contributed by atoms with Gasteiger partial charge >= 0.3 is 0 Å². The fraction of sp³-hybridized carbons (Fsp3) is 0.556. The lowest BCUT2D eigenvalue weighted by molar-refractivity contribution is -0.124. The second-order valence-corrected chi connectivity index (χ2v) is 4.00. The standard InChI is InChI=1S/C9H13ClN4O/c1-13-7(10)4-12-8(13)5-14-3-2-11-9(15)6-14/h4H,2-3,5-6H2,1H3,(H,11,15). The van der Waals surface area contributed by atoms with Crippen LogP contribution in [0.4, 0.5) is 0 Å². The molecule has 1 fully saturated rings. The van der Waals surface area contributed by atoms with E-state index >= 15 is 0 Å². The molecule has 1 amide bonds. The second kappa shape index (κ2) is 4.20. The normalized spacial score (nSPS) is 17.9. The van der Waals surface area contributed by atoms with Gasteiger partial charge in [0, 0.05) is 20.1 Å². The molecule has 1 aliphatic rings. The van der Waals surface area contributed by atoms with Crippen LogP contribution in [0.25, 0.3) is 0 Å². The van der Waals surface area contributed by atoms with Crippen molar-refractivity contribution in [2.45, 2.75) is 6.54 Å². The lowest BCUT2D eigenvalue weighted by Crippen LogP contribution is -2.47. The fourth-order valence-corrected chi connectivity index (χ4v) is 1.74. The third-order valence-corrected chi connectivity index (χ3v) is 2.86. The summed E-state index contributed by atoms with van der Waals surface area (Å²) in [5, 5.41) is 3.40. The van der Waals surface area contributed by atoms with Crippen LogP contribution in [0.5, 0.6) is 0 Å². The first-order chi connectivity index (χ1) is 7.16. The average molecular weight is 229 g/mol. The van der Waals surface area contributed by atoms with Crippen LogP contribution in [0.1, 0.15) is 5.82 Å². The molecule has 0 spiro atoms. The predicted molar refractivity (Wildman–Crippen MR) is 56.5 cm³/mol. The SMILES string of the molecule is Cn1c(Cl)cnc1CN1CCNC(=O)C1. The van der Waals surface area contributed by atoms with Gasteiger partial charge in [-0.05, 0) is 0 Å². The monoisotopic (exact) mass is 228 g/mol. The zero-order chi connectivity index (χ0) is 10.8. The molecule has 5 nitrogen and oxygen atoms in total. The van der Waals surface area contributed by atoms with Gasteiger partial charge in [0.25, 0.3) is 0 Å². The number of piperazine rings is 1. The topological polar surface area (TPSA) is 50.2 Å². The van der Waals surface area contributed by atoms with Gasteiger partial charge in [0.05, 0.1) is 19.3 Å². The van der Waals surface area contributed by atoms with Crippen molar-refractivity contribution in [1.29, 1.82) is 0 Å². The van der Waals surface area contributed by atoms with E-state index in [1.54, 1.807) is 6.20 Å². The summed E-state index contributed by atoms with van der Waals surface area (Å²) in [5.74, 6) is 0.955. The van der Waals surface area contributed by atoms with Crippen molar-refractivity contribution in [2.75, 3.05) is 19.6 Å². The summed E-state index contributed by atoms with van der Waals surface area (Å²) in [4.78, 5) is 17.4. The van der Waals surface area contributed by atoms with Gasteiger partial charge in [-0.25, -0.2) is 4.98 Å². The van der Waals surface area contributed by atoms with E-state index in [2.05, 4.69) is 15.2 Å². The molecule has 0 bridgehead atoms. The number of halogens is 1. The zero-order valence-corrected chi connectivity index (χ0v) is 9.29. The van der Waals surface area contributed by atoms with E-state index < -0.39 is 0 Å². The molecule has 0 aliphatic carbocycles. The van der Waals surface area contributed by atoms with E-state index in [9.17, 15) is 4.79 Å². The molecule has 6 heteroatoms. The van der Waals surface area contributed by atoms with Gasteiger partial charge in [0.2, 0.25) is 5.91 Å². The van der Waals surface area contributed by atoms with E-state index in [-0.39, 0.29) is 5.91 Å². The molecular weight excluding hydrogens is 216 g/mol. The Bertz CT molecular complexity index is 376. The Morgan fingerprint density at radius 3 is 3.07 bits per heavy atom. The second-order valence-electron chi connectivity index (χ2n) is 3.62. The van der Waals surface area contributed by atoms with Crippen LogP contribution in [0.15, 0.2) is 6.20 Å². The van der Waals surface area contributed by atoms with E-state index in [0.717, 1.165) is 12.4 Å². The maximum absolute atomic E-state index is 11.1. The number of amides is 1. The first kappa shape index (κ1) is 10.4. The maximum Gasteiger partial charge on any atom is 0.234 e. The molecule has 2 heterocycles. The number of hydrogen-bond donors (Lipinski definition) is 1. The molecule has 0 aromatic carbocycles. The molecule has 1 saturated heterocycles. The van der Waals surface area contributed by atoms with Crippen LogP contribution in [0.2, 0.25) is 5.15 Å². The van der Waals surface area contributed by atoms with E-state index in [0.29, 0.717) is 24.8 Å². The van der Waals surface area contributed by atoms with E-state index in [1.807, 2.05) is 11.6 Å².